The highest BCUT2D eigenvalue weighted by Crippen LogP contribution is 2.22. The Morgan fingerprint density at radius 2 is 2.25 bits per heavy atom. The molecule has 3 N–H and O–H groups in total. The Bertz CT molecular complexity index is 375. The lowest BCUT2D eigenvalue weighted by Crippen LogP contribution is -2.13. The predicted molar refractivity (Wildman–Crippen MR) is 69.0 cm³/mol. The number of hydrogen-bond acceptors (Lipinski definition) is 4. The van der Waals surface area contributed by atoms with Gasteiger partial charge in [0.1, 0.15) is 5.82 Å². The molecule has 0 amide bonds. The van der Waals surface area contributed by atoms with Gasteiger partial charge in [-0.15, -0.1) is 0 Å². The van der Waals surface area contributed by atoms with E-state index >= 15 is 0 Å². The van der Waals surface area contributed by atoms with Gasteiger partial charge in [-0.1, -0.05) is 13.3 Å². The van der Waals surface area contributed by atoms with Crippen LogP contribution in [-0.2, 0) is 24.3 Å². The minimum absolute atomic E-state index is 0.619. The average molecular weight is 244 g/mol. The lowest BCUT2D eigenvalue weighted by atomic mass is 10.2. The van der Waals surface area contributed by atoms with Crippen LogP contribution < -0.4 is 11.1 Å². The van der Waals surface area contributed by atoms with E-state index in [1.54, 1.807) is 10.9 Å². The highest BCUT2D eigenvalue weighted by atomic mass is 32.2. The maximum absolute atomic E-state index is 10.9. The fourth-order valence-corrected chi connectivity index (χ4v) is 1.93. The first-order valence-corrected chi connectivity index (χ1v) is 7.14. The van der Waals surface area contributed by atoms with Crippen LogP contribution in [0.25, 0.3) is 0 Å². The predicted octanol–water partition coefficient (Wildman–Crippen LogP) is 0.745. The van der Waals surface area contributed by atoms with E-state index in [0.29, 0.717) is 18.0 Å². The normalized spacial score (nSPS) is 12.7. The second-order valence-corrected chi connectivity index (χ2v) is 5.34. The molecule has 0 aromatic carbocycles. The Hall–Kier alpha value is -1.04. The molecule has 0 bridgehead atoms. The van der Waals surface area contributed by atoms with Gasteiger partial charge in [-0.25, -0.2) is 0 Å². The molecule has 1 aromatic rings. The zero-order valence-corrected chi connectivity index (χ0v) is 10.9. The van der Waals surface area contributed by atoms with Crippen molar-refractivity contribution in [1.29, 1.82) is 0 Å². The molecular weight excluding hydrogens is 224 g/mol. The summed E-state index contributed by atoms with van der Waals surface area (Å²) in [6.07, 6.45) is 3.61. The molecule has 0 saturated heterocycles. The summed E-state index contributed by atoms with van der Waals surface area (Å²) in [6, 6.07) is 0. The molecule has 92 valence electrons. The van der Waals surface area contributed by atoms with Gasteiger partial charge in [-0.05, 0) is 6.42 Å². The van der Waals surface area contributed by atoms with Gasteiger partial charge in [0.2, 0.25) is 0 Å². The lowest BCUT2D eigenvalue weighted by Gasteiger charge is -2.06. The molecule has 6 heteroatoms. The van der Waals surface area contributed by atoms with Crippen LogP contribution >= 0.6 is 0 Å². The SMILES string of the molecule is CCCc1nn(C)c(NCCS(C)=O)c1N. The Balaban J connectivity index is 2.68. The van der Waals surface area contributed by atoms with Gasteiger partial charge in [0.15, 0.2) is 0 Å². The Morgan fingerprint density at radius 1 is 1.56 bits per heavy atom. The molecule has 0 fully saturated rings. The van der Waals surface area contributed by atoms with Crippen molar-refractivity contribution in [3.63, 3.8) is 0 Å². The molecule has 0 spiro atoms. The molecule has 16 heavy (non-hydrogen) atoms. The third-order valence-electron chi connectivity index (χ3n) is 2.33. The van der Waals surface area contributed by atoms with Crippen molar-refractivity contribution in [2.75, 3.05) is 29.6 Å². The van der Waals surface area contributed by atoms with E-state index in [1.165, 1.54) is 0 Å². The Kier molecular flexibility index (Phi) is 4.79. The van der Waals surface area contributed by atoms with Gasteiger partial charge in [0.25, 0.3) is 0 Å². The first-order chi connectivity index (χ1) is 7.56. The first-order valence-electron chi connectivity index (χ1n) is 5.41. The van der Waals surface area contributed by atoms with Crippen LogP contribution in [0.2, 0.25) is 0 Å². The van der Waals surface area contributed by atoms with Gasteiger partial charge in [0.05, 0.1) is 11.4 Å². The number of nitrogen functional groups attached to an aromatic ring is 1. The monoisotopic (exact) mass is 244 g/mol. The minimum atomic E-state index is -0.782. The summed E-state index contributed by atoms with van der Waals surface area (Å²) in [5.74, 6) is 1.45. The topological polar surface area (TPSA) is 72.9 Å². The Labute approximate surface area is 98.9 Å². The minimum Gasteiger partial charge on any atom is -0.394 e. The number of rotatable bonds is 6. The van der Waals surface area contributed by atoms with Crippen LogP contribution in [0.5, 0.6) is 0 Å². The smallest absolute Gasteiger partial charge is 0.147 e. The summed E-state index contributed by atoms with van der Waals surface area (Å²) in [5.41, 5.74) is 7.63. The fraction of sp³-hybridized carbons (Fsp3) is 0.700. The van der Waals surface area contributed by atoms with Crippen molar-refractivity contribution >= 4 is 22.3 Å². The van der Waals surface area contributed by atoms with Crippen LogP contribution in [0.1, 0.15) is 19.0 Å². The highest BCUT2D eigenvalue weighted by Gasteiger charge is 2.11. The van der Waals surface area contributed by atoms with Gasteiger partial charge in [-0.2, -0.15) is 5.10 Å². The first kappa shape index (κ1) is 13.0. The lowest BCUT2D eigenvalue weighted by molar-refractivity contribution is 0.686. The van der Waals surface area contributed by atoms with Gasteiger partial charge < -0.3 is 11.1 Å². The van der Waals surface area contributed by atoms with E-state index in [2.05, 4.69) is 17.3 Å². The number of nitrogens with two attached hydrogens (primary N) is 1. The summed E-state index contributed by atoms with van der Waals surface area (Å²) < 4.78 is 12.7. The molecule has 0 radical (unpaired) electrons. The number of hydrogen-bond donors (Lipinski definition) is 2. The molecule has 0 aliphatic rings. The van der Waals surface area contributed by atoms with Gasteiger partial charge in [-0.3, -0.25) is 8.89 Å². The maximum atomic E-state index is 10.9. The van der Waals surface area contributed by atoms with Crippen LogP contribution in [0.15, 0.2) is 0 Å². The number of nitrogens with one attached hydrogen (secondary N) is 1. The van der Waals surface area contributed by atoms with E-state index in [4.69, 9.17) is 5.73 Å². The van der Waals surface area contributed by atoms with Gasteiger partial charge >= 0.3 is 0 Å². The van der Waals surface area contributed by atoms with E-state index < -0.39 is 10.8 Å². The van der Waals surface area contributed by atoms with Crippen molar-refractivity contribution in [2.45, 2.75) is 19.8 Å². The second-order valence-electron chi connectivity index (χ2n) is 3.79. The third kappa shape index (κ3) is 3.23. The molecule has 5 nitrogen and oxygen atoms in total. The summed E-state index contributed by atoms with van der Waals surface area (Å²) in [6.45, 7) is 2.75. The van der Waals surface area contributed by atoms with E-state index in [1.807, 2.05) is 7.05 Å². The van der Waals surface area contributed by atoms with Crippen molar-refractivity contribution in [2.24, 2.45) is 7.05 Å². The molecule has 0 aliphatic carbocycles. The van der Waals surface area contributed by atoms with Crippen LogP contribution in [0.3, 0.4) is 0 Å². The molecule has 1 unspecified atom stereocenters. The molecule has 1 atom stereocenters. The quantitative estimate of drug-likeness (QED) is 0.774. The van der Waals surface area contributed by atoms with Crippen molar-refractivity contribution in [1.82, 2.24) is 9.78 Å². The summed E-state index contributed by atoms with van der Waals surface area (Å²) >= 11 is 0. The third-order valence-corrected chi connectivity index (χ3v) is 3.11. The maximum Gasteiger partial charge on any atom is 0.147 e. The second kappa shape index (κ2) is 5.89. The largest absolute Gasteiger partial charge is 0.394 e. The molecule has 1 heterocycles. The highest BCUT2D eigenvalue weighted by molar-refractivity contribution is 7.84. The molecule has 1 aromatic heterocycles. The molecular formula is C10H20N4OS. The van der Waals surface area contributed by atoms with Crippen molar-refractivity contribution in [3.8, 4) is 0 Å². The average Bonchev–Trinajstić information content (AvgIpc) is 2.45. The number of aromatic nitrogens is 2. The molecule has 0 saturated carbocycles. The van der Waals surface area contributed by atoms with Crippen molar-refractivity contribution < 1.29 is 4.21 Å². The van der Waals surface area contributed by atoms with Crippen LogP contribution in [-0.4, -0.2) is 32.5 Å². The Morgan fingerprint density at radius 3 is 2.81 bits per heavy atom. The number of anilines is 2. The molecule has 0 aliphatic heterocycles. The summed E-state index contributed by atoms with van der Waals surface area (Å²) in [7, 11) is 1.08. The van der Waals surface area contributed by atoms with E-state index in [9.17, 15) is 4.21 Å². The van der Waals surface area contributed by atoms with E-state index in [-0.39, 0.29) is 0 Å². The van der Waals surface area contributed by atoms with Crippen molar-refractivity contribution in [3.05, 3.63) is 5.69 Å². The van der Waals surface area contributed by atoms with Crippen LogP contribution in [0, 0.1) is 0 Å². The van der Waals surface area contributed by atoms with Gasteiger partial charge in [0, 0.05) is 36.4 Å². The molecule has 1 rings (SSSR count). The van der Waals surface area contributed by atoms with E-state index in [0.717, 1.165) is 24.4 Å². The summed E-state index contributed by atoms with van der Waals surface area (Å²) in [4.78, 5) is 0. The van der Waals surface area contributed by atoms with Crippen LogP contribution in [0.4, 0.5) is 11.5 Å². The standard InChI is InChI=1S/C10H20N4OS/c1-4-5-8-9(11)10(14(2)13-8)12-6-7-16(3)15/h12H,4-7,11H2,1-3H3. The fourth-order valence-electron chi connectivity index (χ4n) is 1.54. The number of aryl methyl sites for hydroxylation is 2. The zero-order valence-electron chi connectivity index (χ0n) is 10.1. The number of nitrogens with zero attached hydrogens (tertiary/aromatic N) is 2. The zero-order chi connectivity index (χ0) is 12.1. The summed E-state index contributed by atoms with van der Waals surface area (Å²) in [5, 5.41) is 7.52.